The highest BCUT2D eigenvalue weighted by Gasteiger charge is 2.42. The van der Waals surface area contributed by atoms with Gasteiger partial charge in [0.15, 0.2) is 13.5 Å². The van der Waals surface area contributed by atoms with Crippen molar-refractivity contribution in [2.24, 2.45) is 0 Å². The molecule has 0 saturated carbocycles. The van der Waals surface area contributed by atoms with Gasteiger partial charge in [-0.1, -0.05) is 35.0 Å². The zero-order valence-corrected chi connectivity index (χ0v) is 11.9. The minimum atomic E-state index is -3.51. The van der Waals surface area contributed by atoms with E-state index >= 15 is 0 Å². The van der Waals surface area contributed by atoms with Gasteiger partial charge < -0.3 is 5.11 Å². The molecule has 0 radical (unpaired) electrons. The number of rotatable bonds is 4. The van der Waals surface area contributed by atoms with Gasteiger partial charge in [0.25, 0.3) is 0 Å². The molecule has 1 N–H and O–H groups in total. The Morgan fingerprint density at radius 1 is 1.53 bits per heavy atom. The van der Waals surface area contributed by atoms with Crippen LogP contribution in [0.15, 0.2) is 24.3 Å². The first-order valence-electron chi connectivity index (χ1n) is 5.07. The minimum absolute atomic E-state index is 0.110. The number of hydrogen-bond donors (Lipinski definition) is 1. The topological polar surface area (TPSA) is 54.4 Å². The molecule has 1 rings (SSSR count). The van der Waals surface area contributed by atoms with Crippen LogP contribution in [0.3, 0.4) is 0 Å². The Morgan fingerprint density at radius 2 is 2.12 bits per heavy atom. The van der Waals surface area contributed by atoms with Crippen molar-refractivity contribution in [2.75, 3.05) is 5.75 Å². The summed E-state index contributed by atoms with van der Waals surface area (Å²) >= 11 is 3.03. The maximum Gasteiger partial charge on any atom is 0.168 e. The molecule has 0 amide bonds. The van der Waals surface area contributed by atoms with Crippen LogP contribution >= 0.6 is 15.9 Å². The number of benzene rings is 1. The number of aliphatic hydroxyl groups excluding tert-OH is 1. The van der Waals surface area contributed by atoms with E-state index in [9.17, 15) is 17.9 Å². The highest BCUT2D eigenvalue weighted by atomic mass is 79.9. The van der Waals surface area contributed by atoms with E-state index in [-0.39, 0.29) is 11.3 Å². The van der Waals surface area contributed by atoms with E-state index in [1.807, 2.05) is 0 Å². The van der Waals surface area contributed by atoms with Crippen molar-refractivity contribution in [2.45, 2.75) is 23.6 Å². The first-order chi connectivity index (χ1) is 7.72. The second-order valence-corrected chi connectivity index (χ2v) is 8.67. The van der Waals surface area contributed by atoms with Crippen molar-refractivity contribution < 1.29 is 17.9 Å². The summed E-state index contributed by atoms with van der Waals surface area (Å²) in [4.78, 5) is 0. The highest BCUT2D eigenvalue weighted by molar-refractivity contribution is 9.11. The van der Waals surface area contributed by atoms with Crippen LogP contribution in [0.1, 0.15) is 25.5 Å². The first kappa shape index (κ1) is 14.6. The van der Waals surface area contributed by atoms with E-state index in [2.05, 4.69) is 15.9 Å². The molecule has 0 aliphatic carbocycles. The smallest absolute Gasteiger partial charge is 0.168 e. The molecule has 96 valence electrons. The summed E-state index contributed by atoms with van der Waals surface area (Å²) in [6.45, 7) is 2.86. The second kappa shape index (κ2) is 5.04. The van der Waals surface area contributed by atoms with Gasteiger partial charge in [-0.2, -0.15) is 0 Å². The fourth-order valence-corrected chi connectivity index (χ4v) is 3.42. The zero-order valence-electron chi connectivity index (χ0n) is 9.52. The van der Waals surface area contributed by atoms with Gasteiger partial charge in [-0.05, 0) is 24.6 Å². The van der Waals surface area contributed by atoms with Gasteiger partial charge in [-0.15, -0.1) is 0 Å². The van der Waals surface area contributed by atoms with Crippen LogP contribution in [-0.4, -0.2) is 22.9 Å². The molecule has 3 nitrogen and oxygen atoms in total. The van der Waals surface area contributed by atoms with Crippen molar-refractivity contribution in [3.63, 3.8) is 0 Å². The van der Waals surface area contributed by atoms with Crippen molar-refractivity contribution >= 4 is 25.8 Å². The largest absolute Gasteiger partial charge is 0.386 e. The predicted octanol–water partition coefficient (Wildman–Crippen LogP) is 2.40. The predicted molar refractivity (Wildman–Crippen MR) is 68.2 cm³/mol. The maximum absolute atomic E-state index is 13.0. The third-order valence-electron chi connectivity index (χ3n) is 2.64. The van der Waals surface area contributed by atoms with E-state index in [4.69, 9.17) is 0 Å². The van der Waals surface area contributed by atoms with E-state index in [0.29, 0.717) is 0 Å². The van der Waals surface area contributed by atoms with E-state index in [1.54, 1.807) is 0 Å². The van der Waals surface area contributed by atoms with Crippen molar-refractivity contribution in [1.29, 1.82) is 0 Å². The van der Waals surface area contributed by atoms with Gasteiger partial charge in [0, 0.05) is 5.75 Å². The normalized spacial score (nSPS) is 17.5. The van der Waals surface area contributed by atoms with Crippen LogP contribution in [0.4, 0.5) is 4.39 Å². The molecule has 2 atom stereocenters. The number of sulfone groups is 1. The lowest BCUT2D eigenvalue weighted by atomic mass is 10.1. The molecule has 1 aromatic carbocycles. The molecule has 0 aliphatic rings. The van der Waals surface area contributed by atoms with Crippen LogP contribution in [0.25, 0.3) is 0 Å². The van der Waals surface area contributed by atoms with E-state index in [0.717, 1.165) is 6.07 Å². The molecule has 1 aromatic rings. The Morgan fingerprint density at radius 3 is 2.59 bits per heavy atom. The molecule has 17 heavy (non-hydrogen) atoms. The Bertz CT molecular complexity index is 499. The second-order valence-electron chi connectivity index (χ2n) is 3.85. The fraction of sp³-hybridized carbons (Fsp3) is 0.455. The molecule has 0 heterocycles. The molecule has 0 bridgehead atoms. The summed E-state index contributed by atoms with van der Waals surface area (Å²) in [6, 6.07) is 5.26. The quantitative estimate of drug-likeness (QED) is 0.865. The molecule has 0 aliphatic heterocycles. The highest BCUT2D eigenvalue weighted by Crippen LogP contribution is 2.38. The Labute approximate surface area is 109 Å². The van der Waals surface area contributed by atoms with Crippen LogP contribution < -0.4 is 0 Å². The Balaban J connectivity index is 3.17. The van der Waals surface area contributed by atoms with E-state index < -0.39 is 25.4 Å². The first-order valence-corrected chi connectivity index (χ1v) is 7.51. The van der Waals surface area contributed by atoms with E-state index in [1.165, 1.54) is 32.0 Å². The number of halogens is 2. The minimum Gasteiger partial charge on any atom is -0.386 e. The third kappa shape index (κ3) is 2.86. The van der Waals surface area contributed by atoms with Gasteiger partial charge in [0.05, 0.1) is 0 Å². The summed E-state index contributed by atoms with van der Waals surface area (Å²) in [5.41, 5.74) is 0.224. The van der Waals surface area contributed by atoms with Crippen molar-refractivity contribution in [3.05, 3.63) is 35.6 Å². The molecule has 0 spiro atoms. The number of alkyl halides is 1. The summed E-state index contributed by atoms with van der Waals surface area (Å²) < 4.78 is 35.1. The van der Waals surface area contributed by atoms with Gasteiger partial charge in [-0.3, -0.25) is 0 Å². The summed E-state index contributed by atoms with van der Waals surface area (Å²) in [7, 11) is -3.51. The fourth-order valence-electron chi connectivity index (χ4n) is 1.43. The Kier molecular flexibility index (Phi) is 4.33. The Hall–Kier alpha value is -0.460. The standard InChI is InChI=1S/C11H14BrFO3S/c1-3-17(15,16)11(2,12)10(14)8-5-4-6-9(13)7-8/h4-7,10,14H,3H2,1-2H3/t10-,11-/m0/s1. The average molecular weight is 325 g/mol. The summed E-state index contributed by atoms with van der Waals surface area (Å²) in [6.07, 6.45) is -1.33. The summed E-state index contributed by atoms with van der Waals surface area (Å²) in [5.74, 6) is -0.625. The van der Waals surface area contributed by atoms with Gasteiger partial charge in [0.1, 0.15) is 11.9 Å². The van der Waals surface area contributed by atoms with Crippen LogP contribution in [0, 0.1) is 5.82 Å². The summed E-state index contributed by atoms with van der Waals surface area (Å²) in [5, 5.41) is 10.0. The van der Waals surface area contributed by atoms with Crippen LogP contribution in [0.2, 0.25) is 0 Å². The molecule has 0 saturated heterocycles. The monoisotopic (exact) mass is 324 g/mol. The van der Waals surface area contributed by atoms with Gasteiger partial charge in [-0.25, -0.2) is 12.8 Å². The van der Waals surface area contributed by atoms with Crippen LogP contribution in [-0.2, 0) is 9.84 Å². The number of aliphatic hydroxyl groups is 1. The third-order valence-corrected chi connectivity index (χ3v) is 6.75. The average Bonchev–Trinajstić information content (AvgIpc) is 2.27. The number of hydrogen-bond acceptors (Lipinski definition) is 3. The zero-order chi connectivity index (χ0) is 13.3. The lowest BCUT2D eigenvalue weighted by molar-refractivity contribution is 0.167. The van der Waals surface area contributed by atoms with Gasteiger partial charge in [0.2, 0.25) is 0 Å². The molecule has 6 heteroatoms. The molecule has 0 fully saturated rings. The maximum atomic E-state index is 13.0. The molecular formula is C11H14BrFO3S. The van der Waals surface area contributed by atoms with Crippen molar-refractivity contribution in [1.82, 2.24) is 0 Å². The van der Waals surface area contributed by atoms with Gasteiger partial charge >= 0.3 is 0 Å². The lowest BCUT2D eigenvalue weighted by Gasteiger charge is -2.28. The van der Waals surface area contributed by atoms with Crippen LogP contribution in [0.5, 0.6) is 0 Å². The molecule has 0 aromatic heterocycles. The molecule has 0 unspecified atom stereocenters. The molecular weight excluding hydrogens is 311 g/mol. The van der Waals surface area contributed by atoms with Crippen molar-refractivity contribution in [3.8, 4) is 0 Å². The SMILES string of the molecule is CCS(=O)(=O)[C@](C)(Br)[C@@H](O)c1cccc(F)c1. The lowest BCUT2D eigenvalue weighted by Crippen LogP contribution is -2.36.